The van der Waals surface area contributed by atoms with Crippen LogP contribution in [-0.2, 0) is 6.54 Å². The zero-order valence-corrected chi connectivity index (χ0v) is 15.0. The molecule has 1 fully saturated rings. The Kier molecular flexibility index (Phi) is 4.93. The van der Waals surface area contributed by atoms with Gasteiger partial charge in [0, 0.05) is 55.5 Å². The molecule has 6 heteroatoms. The second-order valence-electron chi connectivity index (χ2n) is 6.81. The van der Waals surface area contributed by atoms with Crippen molar-refractivity contribution in [3.8, 4) is 11.3 Å². The molecular formula is C20H24N6. The number of piperidine rings is 1. The number of nitrogens with one attached hydrogen (secondary N) is 2. The van der Waals surface area contributed by atoms with Gasteiger partial charge in [-0.3, -0.25) is 15.1 Å². The minimum absolute atomic E-state index is 0.533. The smallest absolute Gasteiger partial charge is 0.0724 e. The summed E-state index contributed by atoms with van der Waals surface area (Å²) >= 11 is 0. The van der Waals surface area contributed by atoms with Crippen LogP contribution in [-0.4, -0.2) is 39.3 Å². The van der Waals surface area contributed by atoms with Crippen molar-refractivity contribution in [3.63, 3.8) is 0 Å². The van der Waals surface area contributed by atoms with E-state index >= 15 is 0 Å². The Labute approximate surface area is 153 Å². The van der Waals surface area contributed by atoms with E-state index < -0.39 is 0 Å². The van der Waals surface area contributed by atoms with Gasteiger partial charge >= 0.3 is 0 Å². The third-order valence-corrected chi connectivity index (χ3v) is 4.92. The lowest BCUT2D eigenvalue weighted by Crippen LogP contribution is -2.42. The molecule has 0 bridgehead atoms. The summed E-state index contributed by atoms with van der Waals surface area (Å²) < 4.78 is 0. The number of hydrogen-bond acceptors (Lipinski definition) is 5. The van der Waals surface area contributed by atoms with Crippen LogP contribution in [0.25, 0.3) is 11.3 Å². The van der Waals surface area contributed by atoms with E-state index in [1.54, 1.807) is 6.20 Å². The fraction of sp³-hybridized carbons (Fsp3) is 0.350. The van der Waals surface area contributed by atoms with Crippen molar-refractivity contribution < 1.29 is 0 Å². The van der Waals surface area contributed by atoms with Crippen molar-refractivity contribution in [1.29, 1.82) is 0 Å². The van der Waals surface area contributed by atoms with Gasteiger partial charge in [-0.15, -0.1) is 0 Å². The average molecular weight is 348 g/mol. The maximum Gasteiger partial charge on any atom is 0.0724 e. The summed E-state index contributed by atoms with van der Waals surface area (Å²) in [6, 6.07) is 11.2. The van der Waals surface area contributed by atoms with Gasteiger partial charge in [0.2, 0.25) is 0 Å². The van der Waals surface area contributed by atoms with E-state index in [9.17, 15) is 0 Å². The molecule has 2 N–H and O–H groups in total. The van der Waals surface area contributed by atoms with Gasteiger partial charge in [0.25, 0.3) is 0 Å². The SMILES string of the molecule is Cc1cnc(CNC2CCN(c3cccc(-c4ccn[nH]4)c3)CC2)cn1. The highest BCUT2D eigenvalue weighted by Crippen LogP contribution is 2.25. The van der Waals surface area contributed by atoms with Crippen LogP contribution < -0.4 is 10.2 Å². The van der Waals surface area contributed by atoms with E-state index in [1.165, 1.54) is 11.3 Å². The summed E-state index contributed by atoms with van der Waals surface area (Å²) in [6.07, 6.45) is 7.74. The molecule has 0 saturated carbocycles. The van der Waals surface area contributed by atoms with Crippen molar-refractivity contribution in [1.82, 2.24) is 25.5 Å². The van der Waals surface area contributed by atoms with Crippen molar-refractivity contribution in [2.24, 2.45) is 0 Å². The van der Waals surface area contributed by atoms with Gasteiger partial charge in [0.05, 0.1) is 17.1 Å². The van der Waals surface area contributed by atoms with Crippen LogP contribution in [0, 0.1) is 6.92 Å². The lowest BCUT2D eigenvalue weighted by molar-refractivity contribution is 0.412. The number of hydrogen-bond donors (Lipinski definition) is 2. The number of anilines is 1. The van der Waals surface area contributed by atoms with Crippen LogP contribution in [0.15, 0.2) is 48.9 Å². The first-order valence-corrected chi connectivity index (χ1v) is 9.13. The fourth-order valence-corrected chi connectivity index (χ4v) is 3.39. The largest absolute Gasteiger partial charge is 0.371 e. The van der Waals surface area contributed by atoms with Gasteiger partial charge in [-0.1, -0.05) is 12.1 Å². The highest BCUT2D eigenvalue weighted by Gasteiger charge is 2.19. The lowest BCUT2D eigenvalue weighted by Gasteiger charge is -2.34. The number of rotatable bonds is 5. The first-order valence-electron chi connectivity index (χ1n) is 9.13. The summed E-state index contributed by atoms with van der Waals surface area (Å²) in [6.45, 7) is 4.86. The van der Waals surface area contributed by atoms with Gasteiger partial charge < -0.3 is 10.2 Å². The number of H-pyrrole nitrogens is 1. The Morgan fingerprint density at radius 3 is 2.77 bits per heavy atom. The quantitative estimate of drug-likeness (QED) is 0.742. The number of benzene rings is 1. The molecule has 0 spiro atoms. The predicted octanol–water partition coefficient (Wildman–Crippen LogP) is 2.93. The first kappa shape index (κ1) is 16.7. The molecule has 4 rings (SSSR count). The highest BCUT2D eigenvalue weighted by atomic mass is 15.1. The van der Waals surface area contributed by atoms with Gasteiger partial charge in [-0.25, -0.2) is 0 Å². The summed E-state index contributed by atoms with van der Waals surface area (Å²) in [5.41, 5.74) is 5.48. The van der Waals surface area contributed by atoms with Gasteiger partial charge in [0.1, 0.15) is 0 Å². The molecule has 0 radical (unpaired) electrons. The molecule has 0 atom stereocenters. The van der Waals surface area contributed by atoms with E-state index in [2.05, 4.69) is 54.6 Å². The molecular weight excluding hydrogens is 324 g/mol. The fourth-order valence-electron chi connectivity index (χ4n) is 3.39. The molecule has 6 nitrogen and oxygen atoms in total. The molecule has 1 saturated heterocycles. The molecule has 2 aromatic heterocycles. The second kappa shape index (κ2) is 7.66. The molecule has 134 valence electrons. The molecule has 1 aliphatic heterocycles. The van der Waals surface area contributed by atoms with Crippen molar-refractivity contribution in [2.75, 3.05) is 18.0 Å². The van der Waals surface area contributed by atoms with Crippen LogP contribution >= 0.6 is 0 Å². The van der Waals surface area contributed by atoms with Crippen molar-refractivity contribution in [2.45, 2.75) is 32.4 Å². The third kappa shape index (κ3) is 3.91. The Bertz CT molecular complexity index is 820. The Balaban J connectivity index is 1.32. The van der Waals surface area contributed by atoms with Crippen molar-refractivity contribution >= 4 is 5.69 Å². The standard InChI is InChI=1S/C20H24N6/c1-15-12-22-18(13-21-15)14-23-17-6-9-26(10-7-17)19-4-2-3-16(11-19)20-5-8-24-25-20/h2-5,8,11-13,17,23H,6-7,9-10,14H2,1H3,(H,24,25). The van der Waals surface area contributed by atoms with Crippen LogP contribution in [0.5, 0.6) is 0 Å². The molecule has 0 amide bonds. The average Bonchev–Trinajstić information content (AvgIpc) is 3.23. The van der Waals surface area contributed by atoms with Crippen LogP contribution in [0.2, 0.25) is 0 Å². The van der Waals surface area contributed by atoms with Crippen LogP contribution in [0.4, 0.5) is 5.69 Å². The summed E-state index contributed by atoms with van der Waals surface area (Å²) in [4.78, 5) is 11.2. The van der Waals surface area contributed by atoms with Gasteiger partial charge in [0.15, 0.2) is 0 Å². The van der Waals surface area contributed by atoms with E-state index in [-0.39, 0.29) is 0 Å². The lowest BCUT2D eigenvalue weighted by atomic mass is 10.0. The Hall–Kier alpha value is -2.73. The first-order chi connectivity index (χ1) is 12.8. The van der Waals surface area contributed by atoms with E-state index in [4.69, 9.17) is 0 Å². The maximum atomic E-state index is 4.42. The number of aromatic nitrogens is 4. The van der Waals surface area contributed by atoms with Gasteiger partial charge in [-0.2, -0.15) is 5.10 Å². The number of aromatic amines is 1. The zero-order valence-electron chi connectivity index (χ0n) is 15.0. The molecule has 1 aliphatic rings. The summed E-state index contributed by atoms with van der Waals surface area (Å²) in [5, 5.41) is 10.7. The van der Waals surface area contributed by atoms with E-state index in [1.807, 2.05) is 25.4 Å². The molecule has 0 aliphatic carbocycles. The minimum atomic E-state index is 0.533. The Morgan fingerprint density at radius 2 is 2.04 bits per heavy atom. The van der Waals surface area contributed by atoms with Crippen molar-refractivity contribution in [3.05, 3.63) is 60.3 Å². The zero-order chi connectivity index (χ0) is 17.8. The molecule has 1 aromatic carbocycles. The number of nitrogens with zero attached hydrogens (tertiary/aromatic N) is 4. The molecule has 3 aromatic rings. The summed E-state index contributed by atoms with van der Waals surface area (Å²) in [5.74, 6) is 0. The van der Waals surface area contributed by atoms with Crippen LogP contribution in [0.3, 0.4) is 0 Å². The topological polar surface area (TPSA) is 69.7 Å². The van der Waals surface area contributed by atoms with Crippen LogP contribution in [0.1, 0.15) is 24.2 Å². The highest BCUT2D eigenvalue weighted by molar-refractivity contribution is 5.65. The minimum Gasteiger partial charge on any atom is -0.371 e. The summed E-state index contributed by atoms with van der Waals surface area (Å²) in [7, 11) is 0. The maximum absolute atomic E-state index is 4.42. The second-order valence-corrected chi connectivity index (χ2v) is 6.81. The predicted molar refractivity (Wildman–Crippen MR) is 103 cm³/mol. The van der Waals surface area contributed by atoms with E-state index in [0.717, 1.165) is 49.6 Å². The third-order valence-electron chi connectivity index (χ3n) is 4.92. The monoisotopic (exact) mass is 348 g/mol. The van der Waals surface area contributed by atoms with E-state index in [0.29, 0.717) is 6.04 Å². The normalized spacial score (nSPS) is 15.3. The van der Waals surface area contributed by atoms with Gasteiger partial charge in [-0.05, 0) is 38.0 Å². The molecule has 0 unspecified atom stereocenters. The number of aryl methyl sites for hydroxylation is 1. The molecule has 3 heterocycles. The Morgan fingerprint density at radius 1 is 1.15 bits per heavy atom. The molecule has 26 heavy (non-hydrogen) atoms.